The van der Waals surface area contributed by atoms with Crippen molar-refractivity contribution in [2.24, 2.45) is 10.7 Å². The molecular formula is C23H22N4O5S. The highest BCUT2D eigenvalue weighted by Gasteiger charge is 2.49. The first-order valence-corrected chi connectivity index (χ1v) is 11.7. The predicted molar refractivity (Wildman–Crippen MR) is 123 cm³/mol. The minimum absolute atomic E-state index is 0.0443. The van der Waals surface area contributed by atoms with Crippen molar-refractivity contribution in [1.29, 1.82) is 0 Å². The van der Waals surface area contributed by atoms with E-state index < -0.39 is 15.7 Å². The van der Waals surface area contributed by atoms with Gasteiger partial charge in [0.2, 0.25) is 0 Å². The molecule has 2 aromatic carbocycles. The molecule has 0 radical (unpaired) electrons. The van der Waals surface area contributed by atoms with Crippen molar-refractivity contribution < 1.29 is 22.1 Å². The number of aromatic nitrogens is 1. The van der Waals surface area contributed by atoms with Gasteiger partial charge in [0.25, 0.3) is 5.91 Å². The number of guanidine groups is 1. The summed E-state index contributed by atoms with van der Waals surface area (Å²) in [6.45, 7) is 0. The van der Waals surface area contributed by atoms with Gasteiger partial charge in [0.05, 0.1) is 19.6 Å². The normalized spacial score (nSPS) is 18.2. The average Bonchev–Trinajstić information content (AvgIpc) is 3.03. The molecule has 3 aromatic rings. The van der Waals surface area contributed by atoms with E-state index in [1.54, 1.807) is 43.8 Å². The van der Waals surface area contributed by atoms with Crippen LogP contribution < -0.4 is 14.7 Å². The largest absolute Gasteiger partial charge is 0.495 e. The van der Waals surface area contributed by atoms with E-state index in [4.69, 9.17) is 14.7 Å². The summed E-state index contributed by atoms with van der Waals surface area (Å²) in [7, 11) is -0.666. The third-order valence-electron chi connectivity index (χ3n) is 5.30. The Morgan fingerprint density at radius 3 is 2.30 bits per heavy atom. The molecule has 0 fully saturated rings. The van der Waals surface area contributed by atoms with Gasteiger partial charge in [-0.15, -0.1) is 0 Å². The second kappa shape index (κ2) is 8.21. The highest BCUT2D eigenvalue weighted by Crippen LogP contribution is 2.41. The first-order valence-electron chi connectivity index (χ1n) is 9.87. The fraction of sp³-hybridized carbons (Fsp3) is 0.174. The molecule has 33 heavy (non-hydrogen) atoms. The lowest BCUT2D eigenvalue weighted by molar-refractivity contribution is -0.129. The van der Waals surface area contributed by atoms with Crippen LogP contribution in [-0.4, -0.2) is 50.6 Å². The zero-order chi connectivity index (χ0) is 23.8. The molecule has 170 valence electrons. The van der Waals surface area contributed by atoms with Crippen LogP contribution in [-0.2, 0) is 20.5 Å². The van der Waals surface area contributed by atoms with E-state index in [9.17, 15) is 13.2 Å². The summed E-state index contributed by atoms with van der Waals surface area (Å²) in [6.07, 6.45) is 4.24. The van der Waals surface area contributed by atoms with Crippen LogP contribution in [0.15, 0.2) is 72.0 Å². The number of nitrogens with two attached hydrogens (primary N) is 1. The highest BCUT2D eigenvalue weighted by molar-refractivity contribution is 7.86. The van der Waals surface area contributed by atoms with Crippen molar-refractivity contribution in [2.75, 3.05) is 20.4 Å². The number of hydrogen-bond acceptors (Lipinski definition) is 8. The Bertz CT molecular complexity index is 1370. The van der Waals surface area contributed by atoms with E-state index in [-0.39, 0.29) is 17.6 Å². The number of ether oxygens (including phenoxy) is 1. The summed E-state index contributed by atoms with van der Waals surface area (Å²) in [5.74, 6) is 0.330. The second-order valence-electron chi connectivity index (χ2n) is 7.55. The Hall–Kier alpha value is -3.92. The molecule has 2 heterocycles. The lowest BCUT2D eigenvalue weighted by Gasteiger charge is -2.27. The number of aliphatic imine (C=N–C) groups is 1. The van der Waals surface area contributed by atoms with Gasteiger partial charge in [0.1, 0.15) is 11.5 Å². The summed E-state index contributed by atoms with van der Waals surface area (Å²) in [4.78, 5) is 23.5. The summed E-state index contributed by atoms with van der Waals surface area (Å²) >= 11 is 0. The van der Waals surface area contributed by atoms with Crippen LogP contribution in [0.3, 0.4) is 0 Å². The Labute approximate surface area is 191 Å². The zero-order valence-electron chi connectivity index (χ0n) is 18.2. The van der Waals surface area contributed by atoms with Crippen molar-refractivity contribution in [1.82, 2.24) is 9.88 Å². The maximum Gasteiger partial charge on any atom is 0.306 e. The summed E-state index contributed by atoms with van der Waals surface area (Å²) in [5, 5.41) is 0. The molecule has 1 amide bonds. The maximum absolute atomic E-state index is 13.5. The Kier molecular flexibility index (Phi) is 5.54. The molecule has 1 unspecified atom stereocenters. The van der Waals surface area contributed by atoms with Gasteiger partial charge in [0, 0.05) is 18.8 Å². The van der Waals surface area contributed by atoms with Crippen LogP contribution in [0.1, 0.15) is 11.1 Å². The van der Waals surface area contributed by atoms with Gasteiger partial charge >= 0.3 is 10.1 Å². The van der Waals surface area contributed by atoms with Crippen LogP contribution in [0.5, 0.6) is 11.5 Å². The van der Waals surface area contributed by atoms with Gasteiger partial charge < -0.3 is 14.7 Å². The first-order chi connectivity index (χ1) is 15.6. The highest BCUT2D eigenvalue weighted by atomic mass is 32.2. The molecule has 0 saturated carbocycles. The van der Waals surface area contributed by atoms with Gasteiger partial charge in [-0.3, -0.25) is 14.7 Å². The number of methoxy groups -OCH3 is 1. The third kappa shape index (κ3) is 4.12. The first kappa shape index (κ1) is 22.3. The summed E-state index contributed by atoms with van der Waals surface area (Å²) in [6, 6.07) is 15.4. The number of benzene rings is 2. The van der Waals surface area contributed by atoms with E-state index in [2.05, 4.69) is 9.98 Å². The quantitative estimate of drug-likeness (QED) is 0.552. The zero-order valence-corrected chi connectivity index (χ0v) is 19.0. The second-order valence-corrected chi connectivity index (χ2v) is 9.13. The SMILES string of the molecule is COc1cncc(-c2cccc(C3(c4cccc(OS(C)(=O)=O)c4)N=C(N)N(C)C3=O)c2)c1. The number of carbonyl (C=O) groups is 1. The van der Waals surface area contributed by atoms with Crippen LogP contribution in [0.4, 0.5) is 0 Å². The molecule has 0 aliphatic carbocycles. The lowest BCUT2D eigenvalue weighted by Crippen LogP contribution is -2.41. The van der Waals surface area contributed by atoms with Crippen LogP contribution in [0.2, 0.25) is 0 Å². The number of nitrogens with zero attached hydrogens (tertiary/aromatic N) is 3. The van der Waals surface area contributed by atoms with Gasteiger partial charge in [-0.25, -0.2) is 4.99 Å². The van der Waals surface area contributed by atoms with Crippen molar-refractivity contribution in [2.45, 2.75) is 5.54 Å². The van der Waals surface area contributed by atoms with Gasteiger partial charge in [0.15, 0.2) is 11.5 Å². The van der Waals surface area contributed by atoms with Gasteiger partial charge in [-0.05, 0) is 41.0 Å². The molecule has 2 N–H and O–H groups in total. The Morgan fingerprint density at radius 2 is 1.67 bits per heavy atom. The average molecular weight is 467 g/mol. The smallest absolute Gasteiger partial charge is 0.306 e. The van der Waals surface area contributed by atoms with E-state index in [0.717, 1.165) is 17.4 Å². The van der Waals surface area contributed by atoms with Crippen LogP contribution in [0, 0.1) is 0 Å². The summed E-state index contributed by atoms with van der Waals surface area (Å²) < 4.78 is 33.6. The topological polar surface area (TPSA) is 124 Å². The molecule has 0 saturated heterocycles. The van der Waals surface area contributed by atoms with Crippen LogP contribution >= 0.6 is 0 Å². The van der Waals surface area contributed by atoms with Gasteiger partial charge in [-0.2, -0.15) is 8.42 Å². The molecule has 10 heteroatoms. The standard InChI is InChI=1S/C23H22N4O5S/c1-27-21(28)23(26-22(27)24,18-8-5-9-19(12-18)32-33(3,29)30)17-7-4-6-15(10-17)16-11-20(31-2)14-25-13-16/h4-14H,1-3H3,(H2,24,26). The van der Waals surface area contributed by atoms with Crippen molar-refractivity contribution >= 4 is 22.0 Å². The minimum atomic E-state index is -3.76. The van der Waals surface area contributed by atoms with Crippen LogP contribution in [0.25, 0.3) is 11.1 Å². The molecule has 0 spiro atoms. The van der Waals surface area contributed by atoms with E-state index >= 15 is 0 Å². The molecule has 1 aliphatic heterocycles. The minimum Gasteiger partial charge on any atom is -0.495 e. The lowest BCUT2D eigenvalue weighted by atomic mass is 9.81. The molecule has 1 atom stereocenters. The third-order valence-corrected chi connectivity index (χ3v) is 5.80. The molecule has 1 aliphatic rings. The molecule has 4 rings (SSSR count). The number of amides is 1. The van der Waals surface area contributed by atoms with E-state index in [1.807, 2.05) is 18.2 Å². The molecule has 0 bridgehead atoms. The van der Waals surface area contributed by atoms with Crippen molar-refractivity contribution in [3.63, 3.8) is 0 Å². The number of hydrogen-bond donors (Lipinski definition) is 1. The fourth-order valence-electron chi connectivity index (χ4n) is 3.74. The molecule has 1 aromatic heterocycles. The Balaban J connectivity index is 1.91. The number of rotatable bonds is 6. The maximum atomic E-state index is 13.5. The molecular weight excluding hydrogens is 444 g/mol. The summed E-state index contributed by atoms with van der Waals surface area (Å²) in [5.41, 5.74) is 7.08. The van der Waals surface area contributed by atoms with E-state index in [0.29, 0.717) is 16.9 Å². The fourth-order valence-corrected chi connectivity index (χ4v) is 4.20. The predicted octanol–water partition coefficient (Wildman–Crippen LogP) is 2.13. The van der Waals surface area contributed by atoms with Crippen molar-refractivity contribution in [3.8, 4) is 22.6 Å². The Morgan fingerprint density at radius 1 is 0.970 bits per heavy atom. The van der Waals surface area contributed by atoms with E-state index in [1.165, 1.54) is 24.1 Å². The monoisotopic (exact) mass is 466 g/mol. The number of pyridine rings is 1. The van der Waals surface area contributed by atoms with Crippen molar-refractivity contribution in [3.05, 3.63) is 78.1 Å². The van der Waals surface area contributed by atoms with Gasteiger partial charge in [-0.1, -0.05) is 30.3 Å². The number of likely N-dealkylation sites (N-methyl/N-ethyl adjacent to an activating group) is 1. The number of carbonyl (C=O) groups excluding carboxylic acids is 1. The molecule has 9 nitrogen and oxygen atoms in total.